The lowest BCUT2D eigenvalue weighted by molar-refractivity contribution is 0.102. The van der Waals surface area contributed by atoms with Crippen LogP contribution >= 0.6 is 15.9 Å². The number of carbonyl (C=O) groups is 1. The van der Waals surface area contributed by atoms with Gasteiger partial charge < -0.3 is 10.2 Å². The molecule has 1 aromatic heterocycles. The van der Waals surface area contributed by atoms with Crippen LogP contribution in [0.5, 0.6) is 0 Å². The molecule has 3 rings (SSSR count). The van der Waals surface area contributed by atoms with Crippen molar-refractivity contribution in [2.45, 2.75) is 38.6 Å². The van der Waals surface area contributed by atoms with E-state index in [2.05, 4.69) is 38.1 Å². The van der Waals surface area contributed by atoms with Crippen LogP contribution < -0.4 is 10.2 Å². The van der Waals surface area contributed by atoms with Crippen molar-refractivity contribution < 1.29 is 4.79 Å². The zero-order valence-corrected chi connectivity index (χ0v) is 15.4. The highest BCUT2D eigenvalue weighted by Gasteiger charge is 2.22. The number of hydrogen-bond acceptors (Lipinski definition) is 3. The second-order valence-corrected chi connectivity index (χ2v) is 7.03. The summed E-state index contributed by atoms with van der Waals surface area (Å²) in [5, 5.41) is 2.90. The monoisotopic (exact) mass is 387 g/mol. The molecule has 24 heavy (non-hydrogen) atoms. The largest absolute Gasteiger partial charge is 0.368 e. The number of carbonyl (C=O) groups excluding carboxylic acids is 1. The lowest BCUT2D eigenvalue weighted by atomic mass is 9.99. The molecule has 126 valence electrons. The molecule has 0 saturated carbocycles. The Balaban J connectivity index is 1.78. The van der Waals surface area contributed by atoms with E-state index in [4.69, 9.17) is 0 Å². The maximum atomic E-state index is 12.5. The maximum Gasteiger partial charge on any atom is 0.274 e. The van der Waals surface area contributed by atoms with Gasteiger partial charge in [-0.25, -0.2) is 0 Å². The summed E-state index contributed by atoms with van der Waals surface area (Å²) < 4.78 is 0.932. The summed E-state index contributed by atoms with van der Waals surface area (Å²) in [7, 11) is 0. The van der Waals surface area contributed by atoms with E-state index >= 15 is 0 Å². The minimum atomic E-state index is -0.181. The van der Waals surface area contributed by atoms with Crippen LogP contribution in [0.4, 0.5) is 11.4 Å². The van der Waals surface area contributed by atoms with E-state index < -0.39 is 0 Å². The summed E-state index contributed by atoms with van der Waals surface area (Å²) >= 11 is 3.41. The van der Waals surface area contributed by atoms with Crippen LogP contribution in [0.2, 0.25) is 0 Å². The quantitative estimate of drug-likeness (QED) is 0.813. The highest BCUT2D eigenvalue weighted by atomic mass is 79.9. The summed E-state index contributed by atoms with van der Waals surface area (Å²) in [6, 6.07) is 12.0. The van der Waals surface area contributed by atoms with E-state index in [1.165, 1.54) is 19.3 Å². The molecule has 1 saturated heterocycles. The molecule has 0 radical (unpaired) electrons. The Labute approximate surface area is 151 Å². The number of pyridine rings is 1. The smallest absolute Gasteiger partial charge is 0.274 e. The molecule has 0 spiro atoms. The summed E-state index contributed by atoms with van der Waals surface area (Å²) in [5.74, 6) is -0.181. The average Bonchev–Trinajstić information content (AvgIpc) is 2.62. The predicted molar refractivity (Wildman–Crippen MR) is 102 cm³/mol. The third-order valence-electron chi connectivity index (χ3n) is 4.49. The molecular weight excluding hydrogens is 366 g/mol. The van der Waals surface area contributed by atoms with Gasteiger partial charge in [-0.05, 0) is 56.0 Å². The first-order valence-electron chi connectivity index (χ1n) is 8.47. The molecule has 1 aliphatic rings. The first kappa shape index (κ1) is 17.0. The van der Waals surface area contributed by atoms with Gasteiger partial charge in [0.25, 0.3) is 5.91 Å². The van der Waals surface area contributed by atoms with Crippen molar-refractivity contribution in [1.29, 1.82) is 0 Å². The molecule has 1 unspecified atom stereocenters. The Hall–Kier alpha value is -1.88. The Morgan fingerprint density at radius 3 is 3.00 bits per heavy atom. The summed E-state index contributed by atoms with van der Waals surface area (Å²) in [6.07, 6.45) is 6.57. The SMILES string of the molecule is CCC1CCCCN1c1ccnc(C(=O)Nc2cccc(Br)c2)c1. The molecule has 1 fully saturated rings. The molecule has 0 aliphatic carbocycles. The number of piperidine rings is 1. The molecule has 1 atom stereocenters. The summed E-state index contributed by atoms with van der Waals surface area (Å²) in [5.41, 5.74) is 2.30. The van der Waals surface area contributed by atoms with Crippen molar-refractivity contribution in [1.82, 2.24) is 4.98 Å². The number of benzene rings is 1. The van der Waals surface area contributed by atoms with E-state index in [9.17, 15) is 4.79 Å². The van der Waals surface area contributed by atoms with Crippen molar-refractivity contribution in [2.24, 2.45) is 0 Å². The summed E-state index contributed by atoms with van der Waals surface area (Å²) in [6.45, 7) is 3.28. The standard InChI is InChI=1S/C19H22BrN3O/c1-2-16-8-3-4-11-23(16)17-9-10-21-18(13-17)19(24)22-15-7-5-6-14(20)12-15/h5-7,9-10,12-13,16H,2-4,8,11H2,1H3,(H,22,24). The number of anilines is 2. The van der Waals surface area contributed by atoms with Gasteiger partial charge in [-0.15, -0.1) is 0 Å². The van der Waals surface area contributed by atoms with Crippen LogP contribution in [-0.2, 0) is 0 Å². The van der Waals surface area contributed by atoms with Crippen LogP contribution in [-0.4, -0.2) is 23.5 Å². The Bertz CT molecular complexity index is 719. The van der Waals surface area contributed by atoms with Crippen LogP contribution in [0.3, 0.4) is 0 Å². The van der Waals surface area contributed by atoms with Crippen molar-refractivity contribution >= 4 is 33.2 Å². The Kier molecular flexibility index (Phi) is 5.51. The van der Waals surface area contributed by atoms with Crippen molar-refractivity contribution in [2.75, 3.05) is 16.8 Å². The van der Waals surface area contributed by atoms with Gasteiger partial charge in [0.15, 0.2) is 0 Å². The zero-order chi connectivity index (χ0) is 16.9. The third-order valence-corrected chi connectivity index (χ3v) is 4.98. The van der Waals surface area contributed by atoms with Crippen molar-refractivity contribution in [3.8, 4) is 0 Å². The van der Waals surface area contributed by atoms with Crippen LogP contribution in [0, 0.1) is 0 Å². The molecule has 1 N–H and O–H groups in total. The van der Waals surface area contributed by atoms with Gasteiger partial charge in [0, 0.05) is 34.6 Å². The fourth-order valence-electron chi connectivity index (χ4n) is 3.25. The lowest BCUT2D eigenvalue weighted by Crippen LogP contribution is -2.39. The molecule has 2 heterocycles. The number of nitrogens with zero attached hydrogens (tertiary/aromatic N) is 2. The van der Waals surface area contributed by atoms with Gasteiger partial charge >= 0.3 is 0 Å². The number of rotatable bonds is 4. The first-order valence-corrected chi connectivity index (χ1v) is 9.26. The van der Waals surface area contributed by atoms with Gasteiger partial charge in [-0.3, -0.25) is 9.78 Å². The topological polar surface area (TPSA) is 45.2 Å². The van der Waals surface area contributed by atoms with Crippen LogP contribution in [0.15, 0.2) is 47.1 Å². The first-order chi connectivity index (χ1) is 11.7. The fourth-order valence-corrected chi connectivity index (χ4v) is 3.65. The second-order valence-electron chi connectivity index (χ2n) is 6.12. The fraction of sp³-hybridized carbons (Fsp3) is 0.368. The molecule has 5 heteroatoms. The van der Waals surface area contributed by atoms with Gasteiger partial charge in [0.2, 0.25) is 0 Å². The molecule has 1 aliphatic heterocycles. The zero-order valence-electron chi connectivity index (χ0n) is 13.8. The van der Waals surface area contributed by atoms with E-state index in [-0.39, 0.29) is 5.91 Å². The van der Waals surface area contributed by atoms with E-state index in [1.54, 1.807) is 6.20 Å². The van der Waals surface area contributed by atoms with Gasteiger partial charge in [-0.2, -0.15) is 0 Å². The van der Waals surface area contributed by atoms with Gasteiger partial charge in [-0.1, -0.05) is 28.9 Å². The highest BCUT2D eigenvalue weighted by molar-refractivity contribution is 9.10. The van der Waals surface area contributed by atoms with Gasteiger partial charge in [0.1, 0.15) is 5.69 Å². The Morgan fingerprint density at radius 1 is 1.33 bits per heavy atom. The number of hydrogen-bond donors (Lipinski definition) is 1. The highest BCUT2D eigenvalue weighted by Crippen LogP contribution is 2.26. The molecule has 2 aromatic rings. The molecule has 1 amide bonds. The molecule has 0 bridgehead atoms. The molecule has 4 nitrogen and oxygen atoms in total. The number of amides is 1. The summed E-state index contributed by atoms with van der Waals surface area (Å²) in [4.78, 5) is 19.2. The number of nitrogens with one attached hydrogen (secondary N) is 1. The maximum absolute atomic E-state index is 12.5. The predicted octanol–water partition coefficient (Wildman–Crippen LogP) is 4.87. The van der Waals surface area contributed by atoms with E-state index in [1.807, 2.05) is 36.4 Å². The Morgan fingerprint density at radius 2 is 2.21 bits per heavy atom. The lowest BCUT2D eigenvalue weighted by Gasteiger charge is -2.37. The van der Waals surface area contributed by atoms with E-state index in [0.29, 0.717) is 11.7 Å². The normalized spacial score (nSPS) is 17.6. The second kappa shape index (κ2) is 7.79. The minimum absolute atomic E-state index is 0.181. The van der Waals surface area contributed by atoms with Crippen molar-refractivity contribution in [3.63, 3.8) is 0 Å². The third kappa shape index (κ3) is 3.96. The average molecular weight is 388 g/mol. The van der Waals surface area contributed by atoms with Crippen LogP contribution in [0.1, 0.15) is 43.1 Å². The number of aromatic nitrogens is 1. The number of halogens is 1. The minimum Gasteiger partial charge on any atom is -0.368 e. The van der Waals surface area contributed by atoms with Gasteiger partial charge in [0.05, 0.1) is 0 Å². The molecular formula is C19H22BrN3O. The van der Waals surface area contributed by atoms with Crippen LogP contribution in [0.25, 0.3) is 0 Å². The molecule has 1 aromatic carbocycles. The van der Waals surface area contributed by atoms with Crippen molar-refractivity contribution in [3.05, 3.63) is 52.8 Å². The van der Waals surface area contributed by atoms with E-state index in [0.717, 1.165) is 28.8 Å².